The molecular formula is C24H25BrCl2N2O3. The second kappa shape index (κ2) is 12.9. The summed E-state index contributed by atoms with van der Waals surface area (Å²) in [6.45, 7) is 4.97. The molecule has 0 saturated heterocycles. The Balaban J connectivity index is 1.52. The Hall–Kier alpha value is -1.99. The molecule has 0 amide bonds. The van der Waals surface area contributed by atoms with Gasteiger partial charge >= 0.3 is 0 Å². The minimum atomic E-state index is 0.358. The van der Waals surface area contributed by atoms with E-state index in [1.54, 1.807) is 18.3 Å². The maximum Gasteiger partial charge on any atom is 0.213 e. The van der Waals surface area contributed by atoms with Gasteiger partial charge in [-0.25, -0.2) is 4.98 Å². The van der Waals surface area contributed by atoms with Gasteiger partial charge in [-0.2, -0.15) is 0 Å². The Morgan fingerprint density at radius 1 is 0.969 bits per heavy atom. The van der Waals surface area contributed by atoms with Gasteiger partial charge in [-0.3, -0.25) is 0 Å². The van der Waals surface area contributed by atoms with Crippen LogP contribution in [0.15, 0.2) is 59.2 Å². The quantitative estimate of drug-likeness (QED) is 0.260. The lowest BCUT2D eigenvalue weighted by Gasteiger charge is -2.16. The van der Waals surface area contributed by atoms with Gasteiger partial charge in [0.25, 0.3) is 0 Å². The van der Waals surface area contributed by atoms with Crippen molar-refractivity contribution in [3.8, 4) is 17.4 Å². The van der Waals surface area contributed by atoms with Crippen molar-refractivity contribution < 1.29 is 14.2 Å². The Morgan fingerprint density at radius 2 is 1.81 bits per heavy atom. The largest absolute Gasteiger partial charge is 0.490 e. The highest BCUT2D eigenvalue weighted by Gasteiger charge is 2.12. The van der Waals surface area contributed by atoms with Gasteiger partial charge < -0.3 is 19.5 Å². The first-order chi connectivity index (χ1) is 15.6. The summed E-state index contributed by atoms with van der Waals surface area (Å²) in [7, 11) is 0. The number of nitrogens with zero attached hydrogens (tertiary/aromatic N) is 1. The average molecular weight is 540 g/mol. The van der Waals surface area contributed by atoms with Gasteiger partial charge in [-0.05, 0) is 61.3 Å². The molecule has 1 aromatic heterocycles. The van der Waals surface area contributed by atoms with E-state index in [2.05, 4.69) is 26.2 Å². The molecule has 0 atom stereocenters. The van der Waals surface area contributed by atoms with Crippen LogP contribution >= 0.6 is 39.1 Å². The summed E-state index contributed by atoms with van der Waals surface area (Å²) in [6, 6.07) is 15.0. The zero-order valence-corrected chi connectivity index (χ0v) is 20.8. The van der Waals surface area contributed by atoms with E-state index >= 15 is 0 Å². The topological polar surface area (TPSA) is 52.6 Å². The van der Waals surface area contributed by atoms with Gasteiger partial charge in [0.1, 0.15) is 6.61 Å². The molecule has 0 fully saturated rings. The third kappa shape index (κ3) is 7.55. The number of aromatic nitrogens is 1. The number of ether oxygens (including phenoxy) is 3. The summed E-state index contributed by atoms with van der Waals surface area (Å²) in [6.07, 6.45) is 2.59. The van der Waals surface area contributed by atoms with Gasteiger partial charge in [-0.1, -0.05) is 51.3 Å². The van der Waals surface area contributed by atoms with Crippen molar-refractivity contribution in [3.63, 3.8) is 0 Å². The maximum atomic E-state index is 6.10. The summed E-state index contributed by atoms with van der Waals surface area (Å²) < 4.78 is 18.4. The zero-order chi connectivity index (χ0) is 22.8. The first kappa shape index (κ1) is 24.6. The molecule has 8 heteroatoms. The van der Waals surface area contributed by atoms with E-state index in [4.69, 9.17) is 37.4 Å². The van der Waals surface area contributed by atoms with Crippen LogP contribution in [0.4, 0.5) is 0 Å². The molecule has 3 aromatic rings. The molecule has 3 rings (SSSR count). The molecule has 32 heavy (non-hydrogen) atoms. The van der Waals surface area contributed by atoms with Crippen molar-refractivity contribution in [1.82, 2.24) is 10.3 Å². The fourth-order valence-electron chi connectivity index (χ4n) is 2.91. The SMILES string of the molecule is CCOc1cc(CNCCCOc2ccccn2)c(Br)cc1OCc1ccc(Cl)c(Cl)c1. The van der Waals surface area contributed by atoms with Gasteiger partial charge in [0, 0.05) is 23.3 Å². The van der Waals surface area contributed by atoms with E-state index in [1.807, 2.05) is 43.3 Å². The predicted molar refractivity (Wildman–Crippen MR) is 132 cm³/mol. The number of hydrogen-bond donors (Lipinski definition) is 1. The van der Waals surface area contributed by atoms with Crippen molar-refractivity contribution in [3.05, 3.63) is 80.4 Å². The second-order valence-corrected chi connectivity index (χ2v) is 8.58. The zero-order valence-electron chi connectivity index (χ0n) is 17.7. The van der Waals surface area contributed by atoms with Crippen LogP contribution in [0.5, 0.6) is 17.4 Å². The normalized spacial score (nSPS) is 10.8. The number of nitrogens with one attached hydrogen (secondary N) is 1. The van der Waals surface area contributed by atoms with Gasteiger partial charge in [0.05, 0.1) is 23.3 Å². The van der Waals surface area contributed by atoms with Crippen LogP contribution in [-0.4, -0.2) is 24.7 Å². The number of benzene rings is 2. The van der Waals surface area contributed by atoms with E-state index in [-0.39, 0.29) is 0 Å². The minimum Gasteiger partial charge on any atom is -0.490 e. The second-order valence-electron chi connectivity index (χ2n) is 6.91. The predicted octanol–water partition coefficient (Wildman–Crippen LogP) is 6.69. The molecule has 170 valence electrons. The minimum absolute atomic E-state index is 0.358. The Bertz CT molecular complexity index is 1010. The van der Waals surface area contributed by atoms with Gasteiger partial charge in [0.15, 0.2) is 11.5 Å². The lowest BCUT2D eigenvalue weighted by Crippen LogP contribution is -2.17. The Kier molecular flexibility index (Phi) is 9.93. The molecule has 1 N–H and O–H groups in total. The van der Waals surface area contributed by atoms with E-state index in [9.17, 15) is 0 Å². The molecule has 5 nitrogen and oxygen atoms in total. The van der Waals surface area contributed by atoms with E-state index in [0.717, 1.165) is 28.6 Å². The highest BCUT2D eigenvalue weighted by atomic mass is 79.9. The third-order valence-corrected chi connectivity index (χ3v) is 5.97. The monoisotopic (exact) mass is 538 g/mol. The van der Waals surface area contributed by atoms with Crippen LogP contribution in [-0.2, 0) is 13.2 Å². The molecule has 1 heterocycles. The van der Waals surface area contributed by atoms with Gasteiger partial charge in [-0.15, -0.1) is 0 Å². The molecule has 0 unspecified atom stereocenters. The van der Waals surface area contributed by atoms with E-state index in [0.29, 0.717) is 53.8 Å². The molecule has 0 aliphatic carbocycles. The summed E-state index contributed by atoms with van der Waals surface area (Å²) in [5.41, 5.74) is 2.01. The number of hydrogen-bond acceptors (Lipinski definition) is 5. The summed E-state index contributed by atoms with van der Waals surface area (Å²) >= 11 is 15.7. The fourth-order valence-corrected chi connectivity index (χ4v) is 3.70. The van der Waals surface area contributed by atoms with Crippen LogP contribution in [0.1, 0.15) is 24.5 Å². The first-order valence-electron chi connectivity index (χ1n) is 10.3. The van der Waals surface area contributed by atoms with Crippen LogP contribution in [0.25, 0.3) is 0 Å². The third-order valence-electron chi connectivity index (χ3n) is 4.49. The van der Waals surface area contributed by atoms with E-state index < -0.39 is 0 Å². The van der Waals surface area contributed by atoms with Crippen LogP contribution < -0.4 is 19.5 Å². The molecule has 0 bridgehead atoms. The molecule has 0 radical (unpaired) electrons. The molecule has 0 saturated carbocycles. The number of halogens is 3. The van der Waals surface area contributed by atoms with Crippen LogP contribution in [0.3, 0.4) is 0 Å². The molecule has 0 aliphatic heterocycles. The Labute approximate surface area is 207 Å². The van der Waals surface area contributed by atoms with E-state index in [1.165, 1.54) is 0 Å². The molecular weight excluding hydrogens is 515 g/mol. The van der Waals surface area contributed by atoms with Crippen molar-refractivity contribution >= 4 is 39.1 Å². The molecule has 0 spiro atoms. The smallest absolute Gasteiger partial charge is 0.213 e. The molecule has 0 aliphatic rings. The van der Waals surface area contributed by atoms with Crippen molar-refractivity contribution in [1.29, 1.82) is 0 Å². The lowest BCUT2D eigenvalue weighted by atomic mass is 10.2. The maximum absolute atomic E-state index is 6.10. The fraction of sp³-hybridized carbons (Fsp3) is 0.292. The summed E-state index contributed by atoms with van der Waals surface area (Å²) in [5.74, 6) is 2.01. The summed E-state index contributed by atoms with van der Waals surface area (Å²) in [5, 5.41) is 4.46. The van der Waals surface area contributed by atoms with Crippen molar-refractivity contribution in [2.75, 3.05) is 19.8 Å². The van der Waals surface area contributed by atoms with Crippen LogP contribution in [0.2, 0.25) is 10.0 Å². The van der Waals surface area contributed by atoms with Crippen molar-refractivity contribution in [2.24, 2.45) is 0 Å². The highest BCUT2D eigenvalue weighted by molar-refractivity contribution is 9.10. The lowest BCUT2D eigenvalue weighted by molar-refractivity contribution is 0.268. The summed E-state index contributed by atoms with van der Waals surface area (Å²) in [4.78, 5) is 4.15. The average Bonchev–Trinajstić information content (AvgIpc) is 2.80. The standard InChI is InChI=1S/C24H25BrCl2N2O3/c1-2-30-22-13-18(15-28-9-5-11-31-24-6-3-4-10-29-24)19(25)14-23(22)32-16-17-7-8-20(26)21(27)12-17/h3-4,6-8,10,12-14,28H,2,5,9,11,15-16H2,1H3. The Morgan fingerprint density at radius 3 is 2.56 bits per heavy atom. The highest BCUT2D eigenvalue weighted by Crippen LogP contribution is 2.35. The molecule has 2 aromatic carbocycles. The van der Waals surface area contributed by atoms with Crippen molar-refractivity contribution in [2.45, 2.75) is 26.5 Å². The first-order valence-corrected chi connectivity index (χ1v) is 11.9. The van der Waals surface area contributed by atoms with Crippen LogP contribution in [0, 0.1) is 0 Å². The van der Waals surface area contributed by atoms with Gasteiger partial charge in [0.2, 0.25) is 5.88 Å². The number of pyridine rings is 1. The number of rotatable bonds is 12.